The second-order valence-corrected chi connectivity index (χ2v) is 4.29. The fourth-order valence-electron chi connectivity index (χ4n) is 1.98. The van der Waals surface area contributed by atoms with Crippen LogP contribution >= 0.6 is 0 Å². The summed E-state index contributed by atoms with van der Waals surface area (Å²) in [7, 11) is 1.99. The Bertz CT molecular complexity index is 321. The minimum atomic E-state index is 0.421. The van der Waals surface area contributed by atoms with Crippen molar-refractivity contribution in [2.24, 2.45) is 11.7 Å². The molecule has 5 heteroatoms. The van der Waals surface area contributed by atoms with E-state index in [1.807, 2.05) is 11.9 Å². The van der Waals surface area contributed by atoms with Gasteiger partial charge in [-0.1, -0.05) is 0 Å². The van der Waals surface area contributed by atoms with E-state index in [1.54, 1.807) is 6.26 Å². The van der Waals surface area contributed by atoms with Gasteiger partial charge in [0.2, 0.25) is 0 Å². The van der Waals surface area contributed by atoms with Crippen LogP contribution < -0.4 is 10.6 Å². The molecule has 1 aromatic heterocycles. The third-order valence-corrected chi connectivity index (χ3v) is 2.86. The SMILES string of the molecule is CN(CC1CCCOC1)c1nc(CN)co1. The molecule has 1 aromatic rings. The van der Waals surface area contributed by atoms with Gasteiger partial charge in [0, 0.05) is 32.7 Å². The molecule has 0 bridgehead atoms. The van der Waals surface area contributed by atoms with Crippen molar-refractivity contribution in [1.82, 2.24) is 4.98 Å². The summed E-state index contributed by atoms with van der Waals surface area (Å²) in [6, 6.07) is 0.644. The van der Waals surface area contributed by atoms with E-state index in [0.717, 1.165) is 31.9 Å². The van der Waals surface area contributed by atoms with E-state index < -0.39 is 0 Å². The lowest BCUT2D eigenvalue weighted by molar-refractivity contribution is 0.0573. The molecule has 0 saturated carbocycles. The van der Waals surface area contributed by atoms with Crippen LogP contribution in [0, 0.1) is 5.92 Å². The first kappa shape index (κ1) is 11.4. The largest absolute Gasteiger partial charge is 0.432 e. The first-order chi connectivity index (χ1) is 7.79. The standard InChI is InChI=1S/C11H19N3O2/c1-14(6-9-3-2-4-15-7-9)11-13-10(5-12)8-16-11/h8-9H,2-7,12H2,1H3. The molecule has 2 N–H and O–H groups in total. The van der Waals surface area contributed by atoms with Gasteiger partial charge < -0.3 is 19.8 Å². The highest BCUT2D eigenvalue weighted by atomic mass is 16.5. The van der Waals surface area contributed by atoms with E-state index in [-0.39, 0.29) is 0 Å². The van der Waals surface area contributed by atoms with Crippen LogP contribution in [-0.4, -0.2) is 31.8 Å². The zero-order valence-electron chi connectivity index (χ0n) is 9.69. The van der Waals surface area contributed by atoms with Gasteiger partial charge in [0.15, 0.2) is 0 Å². The number of anilines is 1. The molecule has 16 heavy (non-hydrogen) atoms. The Morgan fingerprint density at radius 3 is 3.12 bits per heavy atom. The van der Waals surface area contributed by atoms with Crippen molar-refractivity contribution >= 4 is 6.01 Å². The second kappa shape index (κ2) is 5.32. The van der Waals surface area contributed by atoms with Gasteiger partial charge in [0.1, 0.15) is 6.26 Å². The highest BCUT2D eigenvalue weighted by Gasteiger charge is 2.18. The van der Waals surface area contributed by atoms with Gasteiger partial charge >= 0.3 is 0 Å². The maximum atomic E-state index is 5.49. The molecule has 5 nitrogen and oxygen atoms in total. The number of hydrogen-bond donors (Lipinski definition) is 1. The average Bonchev–Trinajstić information content (AvgIpc) is 2.79. The zero-order valence-corrected chi connectivity index (χ0v) is 9.69. The van der Waals surface area contributed by atoms with E-state index in [2.05, 4.69) is 4.98 Å². The van der Waals surface area contributed by atoms with Crippen LogP contribution in [0.3, 0.4) is 0 Å². The zero-order chi connectivity index (χ0) is 11.4. The van der Waals surface area contributed by atoms with Crippen LogP contribution in [-0.2, 0) is 11.3 Å². The summed E-state index contributed by atoms with van der Waals surface area (Å²) in [6.07, 6.45) is 3.98. The molecule has 1 unspecified atom stereocenters. The van der Waals surface area contributed by atoms with Gasteiger partial charge in [-0.15, -0.1) is 0 Å². The Morgan fingerprint density at radius 2 is 2.50 bits per heavy atom. The Kier molecular flexibility index (Phi) is 3.79. The molecule has 0 aliphatic carbocycles. The minimum Gasteiger partial charge on any atom is -0.432 e. The van der Waals surface area contributed by atoms with Crippen molar-refractivity contribution < 1.29 is 9.15 Å². The van der Waals surface area contributed by atoms with Crippen LogP contribution in [0.1, 0.15) is 18.5 Å². The Hall–Kier alpha value is -1.07. The normalized spacial score (nSPS) is 21.0. The summed E-state index contributed by atoms with van der Waals surface area (Å²) in [5.74, 6) is 0.576. The quantitative estimate of drug-likeness (QED) is 0.828. The Balaban J connectivity index is 1.88. The molecule has 2 heterocycles. The highest BCUT2D eigenvalue weighted by molar-refractivity contribution is 5.25. The number of oxazole rings is 1. The third kappa shape index (κ3) is 2.74. The van der Waals surface area contributed by atoms with Crippen LogP contribution in [0.25, 0.3) is 0 Å². The average molecular weight is 225 g/mol. The molecule has 0 spiro atoms. The molecule has 1 fully saturated rings. The van der Waals surface area contributed by atoms with Crippen molar-refractivity contribution in [2.75, 3.05) is 31.7 Å². The van der Waals surface area contributed by atoms with Crippen molar-refractivity contribution in [1.29, 1.82) is 0 Å². The van der Waals surface area contributed by atoms with Crippen LogP contribution in [0.5, 0.6) is 0 Å². The minimum absolute atomic E-state index is 0.421. The molecule has 90 valence electrons. The van der Waals surface area contributed by atoms with Gasteiger partial charge in [0.25, 0.3) is 6.01 Å². The van der Waals surface area contributed by atoms with Gasteiger partial charge in [-0.05, 0) is 12.8 Å². The molecule has 1 aliphatic rings. The van der Waals surface area contributed by atoms with Crippen molar-refractivity contribution in [3.8, 4) is 0 Å². The predicted molar refractivity (Wildman–Crippen MR) is 61.2 cm³/mol. The highest BCUT2D eigenvalue weighted by Crippen LogP contribution is 2.18. The summed E-state index contributed by atoms with van der Waals surface area (Å²) in [6.45, 7) is 3.08. The maximum absolute atomic E-state index is 5.49. The molecular weight excluding hydrogens is 206 g/mol. The predicted octanol–water partition coefficient (Wildman–Crippen LogP) is 0.996. The smallest absolute Gasteiger partial charge is 0.297 e. The second-order valence-electron chi connectivity index (χ2n) is 4.29. The van der Waals surface area contributed by atoms with E-state index in [9.17, 15) is 0 Å². The molecule has 1 atom stereocenters. The van der Waals surface area contributed by atoms with Crippen LogP contribution in [0.4, 0.5) is 6.01 Å². The molecular formula is C11H19N3O2. The molecule has 2 rings (SSSR count). The van der Waals surface area contributed by atoms with E-state index in [0.29, 0.717) is 18.5 Å². The maximum Gasteiger partial charge on any atom is 0.297 e. The van der Waals surface area contributed by atoms with Crippen molar-refractivity contribution in [3.05, 3.63) is 12.0 Å². The summed E-state index contributed by atoms with van der Waals surface area (Å²) < 4.78 is 10.8. The third-order valence-electron chi connectivity index (χ3n) is 2.86. The molecule has 0 amide bonds. The summed E-state index contributed by atoms with van der Waals surface area (Å²) in [5.41, 5.74) is 6.28. The summed E-state index contributed by atoms with van der Waals surface area (Å²) in [4.78, 5) is 6.31. The summed E-state index contributed by atoms with van der Waals surface area (Å²) >= 11 is 0. The topological polar surface area (TPSA) is 64.5 Å². The molecule has 0 radical (unpaired) electrons. The number of hydrogen-bond acceptors (Lipinski definition) is 5. The van der Waals surface area contributed by atoms with E-state index >= 15 is 0 Å². The van der Waals surface area contributed by atoms with Gasteiger partial charge in [0.05, 0.1) is 12.3 Å². The van der Waals surface area contributed by atoms with Crippen molar-refractivity contribution in [2.45, 2.75) is 19.4 Å². The number of ether oxygens (including phenoxy) is 1. The number of aromatic nitrogens is 1. The monoisotopic (exact) mass is 225 g/mol. The van der Waals surface area contributed by atoms with Crippen LogP contribution in [0.2, 0.25) is 0 Å². The van der Waals surface area contributed by atoms with E-state index in [1.165, 1.54) is 6.42 Å². The van der Waals surface area contributed by atoms with Gasteiger partial charge in [-0.25, -0.2) is 0 Å². The lowest BCUT2D eigenvalue weighted by atomic mass is 10.0. The lowest BCUT2D eigenvalue weighted by Crippen LogP contribution is -2.31. The van der Waals surface area contributed by atoms with E-state index in [4.69, 9.17) is 14.9 Å². The fourth-order valence-corrected chi connectivity index (χ4v) is 1.98. The molecule has 1 saturated heterocycles. The summed E-state index contributed by atoms with van der Waals surface area (Å²) in [5, 5.41) is 0. The molecule has 1 aliphatic heterocycles. The first-order valence-electron chi connectivity index (χ1n) is 5.73. The lowest BCUT2D eigenvalue weighted by Gasteiger charge is -2.26. The van der Waals surface area contributed by atoms with Gasteiger partial charge in [-0.3, -0.25) is 0 Å². The number of nitrogens with two attached hydrogens (primary N) is 1. The van der Waals surface area contributed by atoms with Crippen LogP contribution in [0.15, 0.2) is 10.7 Å². The first-order valence-corrected chi connectivity index (χ1v) is 5.73. The van der Waals surface area contributed by atoms with Gasteiger partial charge in [-0.2, -0.15) is 4.98 Å². The number of nitrogens with zero attached hydrogens (tertiary/aromatic N) is 2. The fraction of sp³-hybridized carbons (Fsp3) is 0.727. The Labute approximate surface area is 95.6 Å². The van der Waals surface area contributed by atoms with Crippen molar-refractivity contribution in [3.63, 3.8) is 0 Å². The number of rotatable bonds is 4. The Morgan fingerprint density at radius 1 is 1.62 bits per heavy atom. The molecule has 0 aromatic carbocycles.